The van der Waals surface area contributed by atoms with Gasteiger partial charge in [0.2, 0.25) is 0 Å². The van der Waals surface area contributed by atoms with Gasteiger partial charge in [-0.05, 0) is 78.0 Å². The van der Waals surface area contributed by atoms with Crippen molar-refractivity contribution in [3.8, 4) is 11.5 Å². The van der Waals surface area contributed by atoms with Gasteiger partial charge in [0.1, 0.15) is 6.61 Å². The molecular formula is C40H43Cl2NO4. The first-order valence-electron chi connectivity index (χ1n) is 16.5. The number of allylic oxidation sites excluding steroid dienone is 4. The lowest BCUT2D eigenvalue weighted by molar-refractivity contribution is -0.119. The van der Waals surface area contributed by atoms with E-state index < -0.39 is 5.92 Å². The van der Waals surface area contributed by atoms with Gasteiger partial charge in [0.15, 0.2) is 23.1 Å². The Morgan fingerprint density at radius 1 is 0.766 bits per heavy atom. The Labute approximate surface area is 288 Å². The van der Waals surface area contributed by atoms with E-state index in [0.717, 1.165) is 52.9 Å². The van der Waals surface area contributed by atoms with E-state index in [0.29, 0.717) is 47.5 Å². The minimum Gasteiger partial charge on any atom is -0.490 e. The summed E-state index contributed by atoms with van der Waals surface area (Å²) in [6.45, 7) is 11.9. The first-order valence-corrected chi connectivity index (χ1v) is 17.3. The van der Waals surface area contributed by atoms with Crippen molar-refractivity contribution in [3.05, 3.63) is 116 Å². The third-order valence-electron chi connectivity index (χ3n) is 9.45. The lowest BCUT2D eigenvalue weighted by atomic mass is 9.63. The summed E-state index contributed by atoms with van der Waals surface area (Å²) in [6, 6.07) is 21.7. The smallest absolute Gasteiger partial charge is 0.180 e. The molecule has 1 heterocycles. The summed E-state index contributed by atoms with van der Waals surface area (Å²) in [6.07, 6.45) is 3.15. The van der Waals surface area contributed by atoms with Crippen molar-refractivity contribution >= 4 is 34.8 Å². The minimum atomic E-state index is -0.526. The van der Waals surface area contributed by atoms with E-state index in [1.807, 2.05) is 49.4 Å². The average molecular weight is 673 g/mol. The topological polar surface area (TPSA) is 55.8 Å². The molecule has 246 valence electrons. The normalized spacial score (nSPS) is 19.1. The number of carbonyl (C=O) groups excluding carboxylic acids is 2. The van der Waals surface area contributed by atoms with E-state index in [-0.39, 0.29) is 29.0 Å². The summed E-state index contributed by atoms with van der Waals surface area (Å²) in [5.74, 6) is 0.580. The van der Waals surface area contributed by atoms with Crippen LogP contribution in [0.1, 0.15) is 82.9 Å². The van der Waals surface area contributed by atoms with Gasteiger partial charge in [-0.15, -0.1) is 0 Å². The zero-order chi connectivity index (χ0) is 33.5. The maximum atomic E-state index is 14.3. The van der Waals surface area contributed by atoms with Gasteiger partial charge in [-0.2, -0.15) is 0 Å². The molecule has 1 aliphatic heterocycles. The van der Waals surface area contributed by atoms with Crippen molar-refractivity contribution in [3.63, 3.8) is 0 Å². The van der Waals surface area contributed by atoms with E-state index in [9.17, 15) is 9.59 Å². The van der Waals surface area contributed by atoms with Crippen molar-refractivity contribution in [1.29, 1.82) is 0 Å². The van der Waals surface area contributed by atoms with Crippen molar-refractivity contribution in [2.24, 2.45) is 10.8 Å². The number of ketones is 2. The molecule has 5 nitrogen and oxygen atoms in total. The lowest BCUT2D eigenvalue weighted by Gasteiger charge is -2.49. The van der Waals surface area contributed by atoms with Gasteiger partial charge in [-0.3, -0.25) is 9.59 Å². The number of halogens is 2. The second kappa shape index (κ2) is 13.2. The van der Waals surface area contributed by atoms with Crippen LogP contribution in [0.15, 0.2) is 89.3 Å². The number of carbonyl (C=O) groups is 2. The number of nitrogens with zero attached hydrogens (tertiary/aromatic N) is 1. The molecule has 0 spiro atoms. The Morgan fingerprint density at radius 2 is 1.36 bits per heavy atom. The van der Waals surface area contributed by atoms with Crippen LogP contribution in [0.5, 0.6) is 11.5 Å². The van der Waals surface area contributed by atoms with Crippen LogP contribution in [0.2, 0.25) is 10.0 Å². The highest BCUT2D eigenvalue weighted by molar-refractivity contribution is 6.32. The number of benzene rings is 3. The summed E-state index contributed by atoms with van der Waals surface area (Å²) in [5, 5.41) is 1.03. The number of rotatable bonds is 9. The van der Waals surface area contributed by atoms with Crippen molar-refractivity contribution < 1.29 is 19.1 Å². The van der Waals surface area contributed by atoms with Crippen LogP contribution >= 0.6 is 23.2 Å². The summed E-state index contributed by atoms with van der Waals surface area (Å²) in [7, 11) is 0. The van der Waals surface area contributed by atoms with Gasteiger partial charge in [0.05, 0.1) is 11.6 Å². The Bertz CT molecular complexity index is 1700. The molecule has 0 saturated carbocycles. The second-order valence-corrected chi connectivity index (χ2v) is 15.4. The van der Waals surface area contributed by atoms with E-state index in [1.165, 1.54) is 5.56 Å². The fourth-order valence-corrected chi connectivity index (χ4v) is 7.83. The molecule has 0 fully saturated rings. The number of Topliss-reactive ketones (excluding diaryl/α,β-unsaturated/α-hetero) is 2. The fourth-order valence-electron chi connectivity index (χ4n) is 7.43. The zero-order valence-electron chi connectivity index (χ0n) is 27.9. The van der Waals surface area contributed by atoms with Gasteiger partial charge < -0.3 is 14.4 Å². The van der Waals surface area contributed by atoms with Crippen LogP contribution in [-0.4, -0.2) is 29.6 Å². The molecule has 3 aromatic carbocycles. The van der Waals surface area contributed by atoms with Crippen molar-refractivity contribution in [2.75, 3.05) is 13.2 Å². The minimum absolute atomic E-state index is 0.0901. The first kappa shape index (κ1) is 33.4. The molecular weight excluding hydrogens is 629 g/mol. The molecule has 3 aromatic rings. The molecule has 0 N–H and O–H groups in total. The van der Waals surface area contributed by atoms with Gasteiger partial charge in [-0.1, -0.05) is 93.4 Å². The summed E-state index contributed by atoms with van der Waals surface area (Å²) in [5.41, 5.74) is 6.05. The summed E-state index contributed by atoms with van der Waals surface area (Å²) in [4.78, 5) is 30.9. The van der Waals surface area contributed by atoms with Crippen molar-refractivity contribution in [1.82, 2.24) is 4.90 Å². The Kier molecular flexibility index (Phi) is 9.34. The maximum Gasteiger partial charge on any atom is 0.180 e. The van der Waals surface area contributed by atoms with E-state index in [1.54, 1.807) is 0 Å². The van der Waals surface area contributed by atoms with Gasteiger partial charge in [-0.25, -0.2) is 0 Å². The van der Waals surface area contributed by atoms with Crippen LogP contribution in [-0.2, 0) is 22.6 Å². The standard InChI is InChI=1S/C40H43Cl2NO4/c1-6-46-34-19-27(18-29(42)38(34)47-24-26-12-14-28(41)15-13-26)35-36-30(20-39(2,3)22-32(36)44)43(17-16-25-10-8-7-9-11-25)31-21-40(4,5)23-33(45)37(31)35/h7-15,18-19,35H,6,16-17,20-24H2,1-5H3. The largest absolute Gasteiger partial charge is 0.490 e. The SMILES string of the molecule is CCOc1cc(C2C3=C(CC(C)(C)CC3=O)N(CCc3ccccc3)C3=C2C(=O)CC(C)(C)C3)cc(Cl)c1OCc1ccc(Cl)cc1. The number of ether oxygens (including phenoxy) is 2. The van der Waals surface area contributed by atoms with Crippen LogP contribution in [0.3, 0.4) is 0 Å². The number of hydrogen-bond donors (Lipinski definition) is 0. The van der Waals surface area contributed by atoms with Crippen LogP contribution in [0.25, 0.3) is 0 Å². The monoisotopic (exact) mass is 671 g/mol. The molecule has 2 aliphatic carbocycles. The molecule has 0 atom stereocenters. The highest BCUT2D eigenvalue weighted by Crippen LogP contribution is 2.55. The highest BCUT2D eigenvalue weighted by atomic mass is 35.5. The predicted molar refractivity (Wildman–Crippen MR) is 188 cm³/mol. The van der Waals surface area contributed by atoms with E-state index in [2.05, 4.69) is 56.9 Å². The fraction of sp³-hybridized carbons (Fsp3) is 0.400. The van der Waals surface area contributed by atoms with Crippen LogP contribution < -0.4 is 9.47 Å². The quantitative estimate of drug-likeness (QED) is 0.227. The molecule has 7 heteroatoms. The Morgan fingerprint density at radius 3 is 1.94 bits per heavy atom. The Balaban J connectivity index is 1.48. The van der Waals surface area contributed by atoms with Crippen LogP contribution in [0, 0.1) is 10.8 Å². The predicted octanol–water partition coefficient (Wildman–Crippen LogP) is 9.90. The molecule has 3 aliphatic rings. The highest BCUT2D eigenvalue weighted by Gasteiger charge is 2.49. The molecule has 6 rings (SSSR count). The van der Waals surface area contributed by atoms with E-state index >= 15 is 0 Å². The second-order valence-electron chi connectivity index (χ2n) is 14.6. The van der Waals surface area contributed by atoms with Gasteiger partial charge in [0, 0.05) is 52.9 Å². The van der Waals surface area contributed by atoms with Crippen molar-refractivity contribution in [2.45, 2.75) is 79.2 Å². The molecule has 0 saturated heterocycles. The first-order chi connectivity index (χ1) is 22.4. The van der Waals surface area contributed by atoms with Gasteiger partial charge >= 0.3 is 0 Å². The molecule has 0 amide bonds. The average Bonchev–Trinajstić information content (AvgIpc) is 2.99. The van der Waals surface area contributed by atoms with Crippen LogP contribution in [0.4, 0.5) is 0 Å². The molecule has 0 radical (unpaired) electrons. The summed E-state index contributed by atoms with van der Waals surface area (Å²) >= 11 is 13.1. The van der Waals surface area contributed by atoms with Gasteiger partial charge in [0.25, 0.3) is 0 Å². The van der Waals surface area contributed by atoms with E-state index in [4.69, 9.17) is 32.7 Å². The molecule has 47 heavy (non-hydrogen) atoms. The third kappa shape index (κ3) is 7.03. The molecule has 0 unspecified atom stereocenters. The Hall–Kier alpha value is -3.54. The zero-order valence-corrected chi connectivity index (χ0v) is 29.4. The molecule has 0 aromatic heterocycles. The summed E-state index contributed by atoms with van der Waals surface area (Å²) < 4.78 is 12.3. The molecule has 0 bridgehead atoms. The number of hydrogen-bond acceptors (Lipinski definition) is 5. The maximum absolute atomic E-state index is 14.3. The lowest BCUT2D eigenvalue weighted by Crippen LogP contribution is -2.45. The third-order valence-corrected chi connectivity index (χ3v) is 9.98.